The summed E-state index contributed by atoms with van der Waals surface area (Å²) < 4.78 is 22.3. The minimum Gasteiger partial charge on any atom is -0.530 e. The standard InChI is InChI=1S/C33H33NO7/c1-38-28-16-27(17-29(18-28)39-2)32(35)41-20-22-7-11-25(12-8-22)30-13-14-34(33(36)37)19-31(30)40-21-23-9-10-24-5-3-4-6-26(24)15-23/h3-12,15-18,30-31H,13-14,19-21H2,1-2H3,(H,36,37)/p-1. The maximum atomic E-state index is 12.7. The molecule has 2 unspecified atom stereocenters. The summed E-state index contributed by atoms with van der Waals surface area (Å²) in [6, 6.07) is 27.0. The molecule has 212 valence electrons. The number of methoxy groups -OCH3 is 2. The van der Waals surface area contributed by atoms with E-state index in [2.05, 4.69) is 24.3 Å². The first-order chi connectivity index (χ1) is 19.9. The summed E-state index contributed by atoms with van der Waals surface area (Å²) >= 11 is 0. The Morgan fingerprint density at radius 1 is 0.829 bits per heavy atom. The molecule has 1 aliphatic heterocycles. The molecule has 4 aromatic rings. The number of carbonyl (C=O) groups excluding carboxylic acids is 2. The zero-order valence-corrected chi connectivity index (χ0v) is 23.1. The molecule has 8 heteroatoms. The Hall–Kier alpha value is -4.56. The van der Waals surface area contributed by atoms with Crippen LogP contribution in [0, 0.1) is 0 Å². The number of carbonyl (C=O) groups is 2. The van der Waals surface area contributed by atoms with Crippen molar-refractivity contribution in [1.82, 2.24) is 4.90 Å². The normalized spacial score (nSPS) is 16.8. The van der Waals surface area contributed by atoms with E-state index < -0.39 is 12.1 Å². The van der Waals surface area contributed by atoms with E-state index in [9.17, 15) is 14.7 Å². The summed E-state index contributed by atoms with van der Waals surface area (Å²) in [6.07, 6.45) is -0.907. The summed E-state index contributed by atoms with van der Waals surface area (Å²) in [6.45, 7) is 1.09. The predicted molar refractivity (Wildman–Crippen MR) is 152 cm³/mol. The number of carboxylic acid groups (broad SMARTS) is 1. The number of hydrogen-bond acceptors (Lipinski definition) is 7. The van der Waals surface area contributed by atoms with Crippen molar-refractivity contribution in [2.24, 2.45) is 0 Å². The first-order valence-electron chi connectivity index (χ1n) is 13.5. The van der Waals surface area contributed by atoms with Gasteiger partial charge in [-0.1, -0.05) is 60.7 Å². The van der Waals surface area contributed by atoms with Crippen LogP contribution in [0.2, 0.25) is 0 Å². The quantitative estimate of drug-likeness (QED) is 0.271. The van der Waals surface area contributed by atoms with Crippen molar-refractivity contribution >= 4 is 22.8 Å². The molecule has 0 radical (unpaired) electrons. The fourth-order valence-electron chi connectivity index (χ4n) is 5.18. The molecular weight excluding hydrogens is 522 g/mol. The van der Waals surface area contributed by atoms with Crippen LogP contribution in [0.3, 0.4) is 0 Å². The molecule has 2 atom stereocenters. The fraction of sp³-hybridized carbons (Fsp3) is 0.273. The molecule has 1 heterocycles. The molecule has 1 fully saturated rings. The molecule has 0 aliphatic carbocycles. The van der Waals surface area contributed by atoms with Gasteiger partial charge >= 0.3 is 5.97 Å². The maximum Gasteiger partial charge on any atom is 0.338 e. The van der Waals surface area contributed by atoms with E-state index >= 15 is 0 Å². The molecule has 4 aromatic carbocycles. The molecule has 0 N–H and O–H groups in total. The van der Waals surface area contributed by atoms with Crippen LogP contribution >= 0.6 is 0 Å². The van der Waals surface area contributed by atoms with E-state index in [-0.39, 0.29) is 25.2 Å². The van der Waals surface area contributed by atoms with Crippen LogP contribution in [0.1, 0.15) is 39.4 Å². The topological polar surface area (TPSA) is 97.4 Å². The van der Waals surface area contributed by atoms with Crippen LogP contribution < -0.4 is 14.6 Å². The van der Waals surface area contributed by atoms with Crippen LogP contribution in [0.4, 0.5) is 4.79 Å². The lowest BCUT2D eigenvalue weighted by Crippen LogP contribution is -2.51. The van der Waals surface area contributed by atoms with Gasteiger partial charge in [-0.3, -0.25) is 0 Å². The van der Waals surface area contributed by atoms with Crippen LogP contribution in [0.25, 0.3) is 10.8 Å². The zero-order chi connectivity index (χ0) is 28.8. The molecule has 0 bridgehead atoms. The summed E-state index contributed by atoms with van der Waals surface area (Å²) in [5.41, 5.74) is 3.24. The highest BCUT2D eigenvalue weighted by Gasteiger charge is 2.31. The van der Waals surface area contributed by atoms with Gasteiger partial charge in [0.25, 0.3) is 0 Å². The smallest absolute Gasteiger partial charge is 0.338 e. The van der Waals surface area contributed by atoms with Crippen molar-refractivity contribution in [2.45, 2.75) is 31.7 Å². The Bertz CT molecular complexity index is 1500. The van der Waals surface area contributed by atoms with Gasteiger partial charge < -0.3 is 33.7 Å². The molecule has 1 saturated heterocycles. The van der Waals surface area contributed by atoms with Gasteiger partial charge in [-0.2, -0.15) is 0 Å². The van der Waals surface area contributed by atoms with Gasteiger partial charge in [0.05, 0.1) is 32.5 Å². The number of fused-ring (bicyclic) bond motifs is 1. The van der Waals surface area contributed by atoms with Gasteiger partial charge in [-0.25, -0.2) is 4.79 Å². The summed E-state index contributed by atoms with van der Waals surface area (Å²) in [4.78, 5) is 25.6. The predicted octanol–water partition coefficient (Wildman–Crippen LogP) is 4.93. The number of rotatable bonds is 9. The Kier molecular flexibility index (Phi) is 8.70. The minimum atomic E-state index is -1.19. The van der Waals surface area contributed by atoms with Gasteiger partial charge in [0, 0.05) is 25.1 Å². The first-order valence-corrected chi connectivity index (χ1v) is 13.5. The highest BCUT2D eigenvalue weighted by atomic mass is 16.5. The van der Waals surface area contributed by atoms with Crippen molar-refractivity contribution in [3.63, 3.8) is 0 Å². The molecule has 1 aliphatic rings. The molecule has 8 nitrogen and oxygen atoms in total. The molecule has 1 amide bonds. The average molecular weight is 555 g/mol. The van der Waals surface area contributed by atoms with Crippen LogP contribution in [0.15, 0.2) is 84.9 Å². The number of nitrogens with zero attached hydrogens (tertiary/aromatic N) is 1. The van der Waals surface area contributed by atoms with Gasteiger partial charge in [0.2, 0.25) is 0 Å². The second kappa shape index (κ2) is 12.7. The number of hydrogen-bond donors (Lipinski definition) is 0. The minimum absolute atomic E-state index is 0.00639. The van der Waals surface area contributed by atoms with E-state index in [1.54, 1.807) is 18.2 Å². The lowest BCUT2D eigenvalue weighted by atomic mass is 9.86. The second-order valence-electron chi connectivity index (χ2n) is 10.1. The Balaban J connectivity index is 1.25. The molecule has 0 saturated carbocycles. The third-order valence-electron chi connectivity index (χ3n) is 7.46. The van der Waals surface area contributed by atoms with Gasteiger partial charge in [-0.05, 0) is 52.1 Å². The number of piperidine rings is 1. The average Bonchev–Trinajstić information content (AvgIpc) is 3.02. The lowest BCUT2D eigenvalue weighted by Gasteiger charge is -2.40. The summed E-state index contributed by atoms with van der Waals surface area (Å²) in [5.74, 6) is 0.528. The van der Waals surface area contributed by atoms with Crippen LogP contribution in [-0.2, 0) is 22.7 Å². The van der Waals surface area contributed by atoms with Crippen molar-refractivity contribution in [1.29, 1.82) is 0 Å². The van der Waals surface area contributed by atoms with E-state index in [0.717, 1.165) is 27.5 Å². The zero-order valence-electron chi connectivity index (χ0n) is 23.1. The number of ether oxygens (including phenoxy) is 4. The van der Waals surface area contributed by atoms with Gasteiger partial charge in [0.1, 0.15) is 24.2 Å². The molecule has 5 rings (SSSR count). The monoisotopic (exact) mass is 554 g/mol. The molecular formula is C33H32NO7-. The first kappa shape index (κ1) is 28.0. The highest BCUT2D eigenvalue weighted by molar-refractivity contribution is 5.90. The molecule has 0 aromatic heterocycles. The van der Waals surface area contributed by atoms with Crippen molar-refractivity contribution in [3.05, 3.63) is 107 Å². The van der Waals surface area contributed by atoms with E-state index in [0.29, 0.717) is 36.6 Å². The molecule has 41 heavy (non-hydrogen) atoms. The highest BCUT2D eigenvalue weighted by Crippen LogP contribution is 2.32. The summed E-state index contributed by atoms with van der Waals surface area (Å²) in [7, 11) is 3.04. The van der Waals surface area contributed by atoms with Gasteiger partial charge in [-0.15, -0.1) is 0 Å². The number of likely N-dealkylation sites (tertiary alicyclic amines) is 1. The van der Waals surface area contributed by atoms with E-state index in [1.807, 2.05) is 42.5 Å². The maximum absolute atomic E-state index is 12.7. The molecule has 0 spiro atoms. The second-order valence-corrected chi connectivity index (χ2v) is 10.1. The number of esters is 1. The third kappa shape index (κ3) is 6.78. The van der Waals surface area contributed by atoms with E-state index in [4.69, 9.17) is 18.9 Å². The third-order valence-corrected chi connectivity index (χ3v) is 7.46. The summed E-state index contributed by atoms with van der Waals surface area (Å²) in [5, 5.41) is 13.9. The number of amides is 1. The van der Waals surface area contributed by atoms with E-state index in [1.165, 1.54) is 19.1 Å². The van der Waals surface area contributed by atoms with Gasteiger partial charge in [0.15, 0.2) is 0 Å². The lowest BCUT2D eigenvalue weighted by molar-refractivity contribution is -0.268. The van der Waals surface area contributed by atoms with Crippen molar-refractivity contribution < 1.29 is 33.6 Å². The largest absolute Gasteiger partial charge is 0.530 e. The fourth-order valence-corrected chi connectivity index (χ4v) is 5.18. The van der Waals surface area contributed by atoms with Crippen LogP contribution in [-0.4, -0.2) is 50.4 Å². The Morgan fingerprint density at radius 2 is 1.51 bits per heavy atom. The number of benzene rings is 4. The Morgan fingerprint density at radius 3 is 2.20 bits per heavy atom. The SMILES string of the molecule is COc1cc(OC)cc(C(=O)OCc2ccc(C3CCN(C(=O)[O-])CC3OCc3ccc4ccccc4c3)cc2)c1. The Labute approximate surface area is 239 Å². The van der Waals surface area contributed by atoms with Crippen LogP contribution in [0.5, 0.6) is 11.5 Å². The van der Waals surface area contributed by atoms with Crippen molar-refractivity contribution in [3.8, 4) is 11.5 Å². The van der Waals surface area contributed by atoms with Crippen molar-refractivity contribution in [2.75, 3.05) is 27.3 Å².